The van der Waals surface area contributed by atoms with E-state index in [9.17, 15) is 31.9 Å². The number of methoxy groups -OCH3 is 1. The number of pyridine rings is 1. The summed E-state index contributed by atoms with van der Waals surface area (Å²) in [7, 11) is 5.02. The highest BCUT2D eigenvalue weighted by molar-refractivity contribution is 6.12. The Balaban J connectivity index is 1.67. The van der Waals surface area contributed by atoms with Crippen LogP contribution in [0.3, 0.4) is 0 Å². The van der Waals surface area contributed by atoms with Gasteiger partial charge < -0.3 is 35.5 Å². The van der Waals surface area contributed by atoms with Gasteiger partial charge in [-0.2, -0.15) is 13.2 Å². The van der Waals surface area contributed by atoms with E-state index in [0.717, 1.165) is 13.1 Å². The Hall–Kier alpha value is -5.88. The maximum atomic E-state index is 13.3. The molecular weight excluding hydrogens is 658 g/mol. The van der Waals surface area contributed by atoms with Crippen LogP contribution in [0.5, 0.6) is 5.75 Å². The fourth-order valence-electron chi connectivity index (χ4n) is 5.65. The molecule has 0 radical (unpaired) electrons. The van der Waals surface area contributed by atoms with Gasteiger partial charge in [0.05, 0.1) is 34.8 Å². The molecule has 4 aromatic rings. The van der Waals surface area contributed by atoms with Crippen molar-refractivity contribution < 1.29 is 36.7 Å². The molecule has 0 unspecified atom stereocenters. The summed E-state index contributed by atoms with van der Waals surface area (Å²) < 4.78 is 59.0. The number of amides is 3. The van der Waals surface area contributed by atoms with Gasteiger partial charge in [-0.05, 0) is 42.4 Å². The highest BCUT2D eigenvalue weighted by atomic mass is 19.4. The van der Waals surface area contributed by atoms with Crippen LogP contribution >= 0.6 is 0 Å². The number of nitrogens with zero attached hydrogens (tertiary/aromatic N) is 4. The Morgan fingerprint density at radius 2 is 1.70 bits per heavy atom. The quantitative estimate of drug-likeness (QED) is 0.149. The number of carbonyl (C=O) groups is 3. The zero-order valence-corrected chi connectivity index (χ0v) is 27.4. The summed E-state index contributed by atoms with van der Waals surface area (Å²) in [5.74, 6) is 2.33. The van der Waals surface area contributed by atoms with Crippen molar-refractivity contribution in [2.45, 2.75) is 6.18 Å². The molecular formula is C35H33F4N7O4. The first kappa shape index (κ1) is 35.4. The molecule has 260 valence electrons. The molecule has 11 nitrogen and oxygen atoms in total. The molecule has 0 saturated carbocycles. The molecule has 2 aromatic carbocycles. The van der Waals surface area contributed by atoms with Gasteiger partial charge in [0.1, 0.15) is 18.1 Å². The van der Waals surface area contributed by atoms with Crippen molar-refractivity contribution in [3.63, 3.8) is 0 Å². The van der Waals surface area contributed by atoms with Gasteiger partial charge in [0, 0.05) is 56.6 Å². The van der Waals surface area contributed by atoms with Crippen molar-refractivity contribution in [1.29, 1.82) is 0 Å². The molecule has 2 aromatic heterocycles. The van der Waals surface area contributed by atoms with Crippen LogP contribution in [-0.4, -0.2) is 90.1 Å². The van der Waals surface area contributed by atoms with Gasteiger partial charge in [-0.3, -0.25) is 14.4 Å². The number of aryl methyl sites for hydroxylation is 1. The predicted molar refractivity (Wildman–Crippen MR) is 181 cm³/mol. The largest absolute Gasteiger partial charge is 0.496 e. The Bertz CT molecular complexity index is 2060. The fraction of sp³-hybridized carbons (Fsp3) is 0.257. The van der Waals surface area contributed by atoms with Crippen LogP contribution in [0.4, 0.5) is 29.1 Å². The molecule has 1 aliphatic heterocycles. The van der Waals surface area contributed by atoms with E-state index in [0.29, 0.717) is 57.6 Å². The molecule has 3 heterocycles. The van der Waals surface area contributed by atoms with Crippen molar-refractivity contribution in [2.75, 3.05) is 57.9 Å². The second-order valence-electron chi connectivity index (χ2n) is 11.6. The lowest BCUT2D eigenvalue weighted by atomic mass is 9.96. The maximum Gasteiger partial charge on any atom is 0.405 e. The number of alkyl halides is 3. The number of aromatic nitrogens is 2. The third-order valence-corrected chi connectivity index (χ3v) is 8.18. The van der Waals surface area contributed by atoms with Gasteiger partial charge in [0.2, 0.25) is 0 Å². The highest BCUT2D eigenvalue weighted by Crippen LogP contribution is 2.44. The summed E-state index contributed by atoms with van der Waals surface area (Å²) in [5.41, 5.74) is 9.74. The average Bonchev–Trinajstić information content (AvgIpc) is 3.40. The predicted octanol–water partition coefficient (Wildman–Crippen LogP) is 4.34. The van der Waals surface area contributed by atoms with Crippen LogP contribution in [0.2, 0.25) is 0 Å². The molecule has 5 rings (SSSR count). The minimum Gasteiger partial charge on any atom is -0.496 e. The average molecular weight is 692 g/mol. The van der Waals surface area contributed by atoms with E-state index in [1.165, 1.54) is 25.4 Å². The number of benzene rings is 2. The molecule has 0 bridgehead atoms. The van der Waals surface area contributed by atoms with Gasteiger partial charge >= 0.3 is 6.18 Å². The summed E-state index contributed by atoms with van der Waals surface area (Å²) in [5, 5.41) is 4.70. The highest BCUT2D eigenvalue weighted by Gasteiger charge is 2.29. The normalized spacial score (nSPS) is 13.4. The number of likely N-dealkylation sites (N-methyl/N-ethyl adjacent to an activating group) is 1. The van der Waals surface area contributed by atoms with Gasteiger partial charge in [-0.1, -0.05) is 30.7 Å². The van der Waals surface area contributed by atoms with Gasteiger partial charge in [-0.25, -0.2) is 9.37 Å². The van der Waals surface area contributed by atoms with Gasteiger partial charge in [0.15, 0.2) is 5.83 Å². The Kier molecular flexibility index (Phi) is 10.1. The summed E-state index contributed by atoms with van der Waals surface area (Å²) in [6, 6.07) is 10.8. The lowest BCUT2D eigenvalue weighted by Gasteiger charge is -2.30. The van der Waals surface area contributed by atoms with E-state index < -0.39 is 30.4 Å². The number of carbonyl (C=O) groups excluding carboxylic acids is 3. The number of ether oxygens (including phenoxy) is 1. The van der Waals surface area contributed by atoms with Crippen molar-refractivity contribution in [3.8, 4) is 40.0 Å². The van der Waals surface area contributed by atoms with E-state index in [2.05, 4.69) is 33.6 Å². The fourth-order valence-corrected chi connectivity index (χ4v) is 5.65. The number of piperazine rings is 1. The van der Waals surface area contributed by atoms with E-state index in [1.807, 2.05) is 12.4 Å². The number of fused-ring (bicyclic) bond motifs is 1. The SMILES string of the molecule is C=C(F)C(=O)Nc1ccc(-c2c(-c3ccc(C(=O)NCC(F)(F)F)c(OC)c3)c3c(N)ncc(C#CC(=O)N4CCN(C)CC4)c3n2C)cc1. The third kappa shape index (κ3) is 7.55. The molecule has 1 aliphatic rings. The molecule has 1 saturated heterocycles. The molecule has 0 spiro atoms. The van der Waals surface area contributed by atoms with Gasteiger partial charge in [-0.15, -0.1) is 0 Å². The molecule has 0 aliphatic carbocycles. The first-order valence-corrected chi connectivity index (χ1v) is 15.2. The lowest BCUT2D eigenvalue weighted by Crippen LogP contribution is -2.46. The summed E-state index contributed by atoms with van der Waals surface area (Å²) in [4.78, 5) is 45.7. The van der Waals surface area contributed by atoms with Crippen molar-refractivity contribution >= 4 is 40.1 Å². The van der Waals surface area contributed by atoms with Crippen LogP contribution in [0.1, 0.15) is 15.9 Å². The summed E-state index contributed by atoms with van der Waals surface area (Å²) >= 11 is 0. The second kappa shape index (κ2) is 14.3. The number of rotatable bonds is 7. The van der Waals surface area contributed by atoms with E-state index in [-0.39, 0.29) is 23.0 Å². The zero-order valence-electron chi connectivity index (χ0n) is 27.4. The number of hydrogen-bond donors (Lipinski definition) is 3. The van der Waals surface area contributed by atoms with E-state index in [1.54, 1.807) is 46.8 Å². The minimum absolute atomic E-state index is 0.00473. The number of hydrogen-bond acceptors (Lipinski definition) is 7. The molecule has 3 amide bonds. The number of nitrogen functional groups attached to an aromatic ring is 1. The minimum atomic E-state index is -4.61. The number of halogens is 4. The Morgan fingerprint density at radius 1 is 1.04 bits per heavy atom. The number of nitrogens with two attached hydrogens (primary N) is 1. The molecule has 0 atom stereocenters. The van der Waals surface area contributed by atoms with Crippen LogP contribution in [0.25, 0.3) is 33.3 Å². The van der Waals surface area contributed by atoms with Crippen molar-refractivity contribution in [1.82, 2.24) is 24.7 Å². The Morgan fingerprint density at radius 3 is 2.32 bits per heavy atom. The summed E-state index contributed by atoms with van der Waals surface area (Å²) in [6.07, 6.45) is -3.15. The molecule has 50 heavy (non-hydrogen) atoms. The van der Waals surface area contributed by atoms with E-state index >= 15 is 0 Å². The first-order chi connectivity index (χ1) is 23.7. The topological polar surface area (TPSA) is 135 Å². The van der Waals surface area contributed by atoms with Crippen molar-refractivity contribution in [2.24, 2.45) is 7.05 Å². The zero-order chi connectivity index (χ0) is 36.3. The summed E-state index contributed by atoms with van der Waals surface area (Å²) in [6.45, 7) is 4.01. The molecule has 15 heteroatoms. The lowest BCUT2D eigenvalue weighted by molar-refractivity contribution is -0.126. The first-order valence-electron chi connectivity index (χ1n) is 15.2. The smallest absolute Gasteiger partial charge is 0.405 e. The van der Waals surface area contributed by atoms with Crippen molar-refractivity contribution in [3.05, 3.63) is 72.2 Å². The standard InChI is InChI=1S/C35H33F4N7O4/c1-20(36)33(48)43-24-9-5-21(6-10-24)30-28(22-7-11-25(26(17-22)50-4)34(49)42-19-35(37,38)39)29-31(45(30)3)23(18-41-32(29)40)8-12-27(47)46-15-13-44(2)14-16-46/h5-7,9-11,17-18H,1,13-16,19H2,2-4H3,(H2,40,41)(H,42,49)(H,43,48). The third-order valence-electron chi connectivity index (χ3n) is 8.18. The van der Waals surface area contributed by atoms with Crippen LogP contribution < -0.4 is 21.1 Å². The van der Waals surface area contributed by atoms with E-state index in [4.69, 9.17) is 10.5 Å². The van der Waals surface area contributed by atoms with Gasteiger partial charge in [0.25, 0.3) is 17.7 Å². The monoisotopic (exact) mass is 691 g/mol. The van der Waals surface area contributed by atoms with Crippen LogP contribution in [-0.2, 0) is 16.6 Å². The number of anilines is 2. The maximum absolute atomic E-state index is 13.3. The molecule has 4 N–H and O–H groups in total. The Labute approximate surface area is 284 Å². The second-order valence-corrected chi connectivity index (χ2v) is 11.6. The van der Waals surface area contributed by atoms with Crippen LogP contribution in [0, 0.1) is 11.8 Å². The molecule has 1 fully saturated rings. The number of nitrogens with one attached hydrogen (secondary N) is 2. The van der Waals surface area contributed by atoms with Crippen LogP contribution in [0.15, 0.2) is 61.1 Å².